The van der Waals surface area contributed by atoms with Crippen LogP contribution in [0.5, 0.6) is 11.5 Å². The number of benzene rings is 8. The first-order chi connectivity index (χ1) is 32.5. The molecule has 0 bridgehead atoms. The molecule has 0 unspecified atom stereocenters. The number of hydrogen-bond donors (Lipinski definition) is 0. The van der Waals surface area contributed by atoms with Gasteiger partial charge in [-0.05, 0) is 102 Å². The second-order valence-electron chi connectivity index (χ2n) is 19.7. The van der Waals surface area contributed by atoms with E-state index in [2.05, 4.69) is 231 Å². The molecular formula is C62H48N4OPt-2. The van der Waals surface area contributed by atoms with Gasteiger partial charge in [-0.15, -0.1) is 29.7 Å². The van der Waals surface area contributed by atoms with E-state index < -0.39 is 0 Å². The quantitative estimate of drug-likeness (QED) is 0.127. The van der Waals surface area contributed by atoms with Gasteiger partial charge in [-0.2, -0.15) is 18.2 Å². The fourth-order valence-corrected chi connectivity index (χ4v) is 9.89. The minimum atomic E-state index is -0.155. The summed E-state index contributed by atoms with van der Waals surface area (Å²) in [7, 11) is 0. The second-order valence-corrected chi connectivity index (χ2v) is 19.7. The second kappa shape index (κ2) is 16.5. The molecule has 0 N–H and O–H groups in total. The van der Waals surface area contributed by atoms with Crippen LogP contribution in [0, 0.1) is 18.5 Å². The zero-order valence-electron chi connectivity index (χ0n) is 38.8. The number of nitrogens with zero attached hydrogens (tertiary/aromatic N) is 4. The molecule has 4 heterocycles. The summed E-state index contributed by atoms with van der Waals surface area (Å²) >= 11 is 0. The number of hydrogen-bond acceptors (Lipinski definition) is 2. The van der Waals surface area contributed by atoms with Crippen LogP contribution >= 0.6 is 0 Å². The van der Waals surface area contributed by atoms with Gasteiger partial charge in [0, 0.05) is 44.3 Å². The number of rotatable bonds is 5. The van der Waals surface area contributed by atoms with Crippen LogP contribution in [0.1, 0.15) is 52.7 Å². The van der Waals surface area contributed by atoms with Crippen molar-refractivity contribution in [2.45, 2.75) is 52.4 Å². The zero-order valence-corrected chi connectivity index (χ0v) is 41.1. The zero-order chi connectivity index (χ0) is 45.6. The van der Waals surface area contributed by atoms with Crippen LogP contribution in [0.4, 0.5) is 0 Å². The van der Waals surface area contributed by atoms with Gasteiger partial charge in [0.05, 0.1) is 16.7 Å². The van der Waals surface area contributed by atoms with Gasteiger partial charge in [-0.3, -0.25) is 4.57 Å². The smallest absolute Gasteiger partial charge is 0.268 e. The number of fused-ring (bicyclic) bond motifs is 10. The Hall–Kier alpha value is -7.33. The van der Waals surface area contributed by atoms with Crippen LogP contribution in [0.15, 0.2) is 182 Å². The third-order valence-corrected chi connectivity index (χ3v) is 13.3. The molecule has 0 spiro atoms. The van der Waals surface area contributed by atoms with E-state index in [0.717, 1.165) is 72.3 Å². The van der Waals surface area contributed by atoms with Crippen LogP contribution < -0.4 is 9.30 Å². The van der Waals surface area contributed by atoms with Crippen LogP contribution in [0.2, 0.25) is 0 Å². The van der Waals surface area contributed by atoms with Gasteiger partial charge < -0.3 is 13.9 Å². The van der Waals surface area contributed by atoms with Crippen LogP contribution in [0.25, 0.3) is 94.5 Å². The average molecular weight is 1060 g/mol. The maximum atomic E-state index is 6.77. The molecule has 1 aliphatic heterocycles. The molecule has 0 radical (unpaired) electrons. The molecular weight excluding hydrogens is 1010 g/mol. The van der Waals surface area contributed by atoms with Crippen molar-refractivity contribution < 1.29 is 30.4 Å². The average Bonchev–Trinajstić information content (AvgIpc) is 3.90. The topological polar surface area (TPSA) is 35.9 Å². The van der Waals surface area contributed by atoms with Crippen molar-refractivity contribution in [3.05, 3.63) is 212 Å². The fraction of sp³-hybridized carbons (Fsp3) is 0.129. The van der Waals surface area contributed by atoms with Crippen molar-refractivity contribution >= 4 is 32.8 Å². The summed E-state index contributed by atoms with van der Waals surface area (Å²) in [6.07, 6.45) is 5.85. The predicted molar refractivity (Wildman–Crippen MR) is 273 cm³/mol. The van der Waals surface area contributed by atoms with E-state index in [0.29, 0.717) is 11.5 Å². The standard InChI is InChI=1S/C62H48N4O.Pt/c1-61(2,3)41-32-33-63-58(36-41)66-55-29-15-14-26-51(55)52-31-30-45(38-56(52)66)67-44-21-16-20-43(37-44)64-39-65-59-46(40-18-8-7-9-19-40)27-17-28-53(59)49-24-12-10-22-47(49)48-23-11-13-25-50(48)54-34-42(62(4,5)6)35-57(64)60(54)65;/h7-36H,1-6H3;/q-2;. The molecule has 1 aliphatic rings. The third kappa shape index (κ3) is 7.20. The first kappa shape index (κ1) is 43.3. The van der Waals surface area contributed by atoms with Crippen molar-refractivity contribution in [1.29, 1.82) is 0 Å². The number of pyridine rings is 1. The summed E-state index contributed by atoms with van der Waals surface area (Å²) in [6, 6.07) is 70.1. The molecule has 8 aromatic carbocycles. The molecule has 0 aliphatic carbocycles. The summed E-state index contributed by atoms with van der Waals surface area (Å²) in [4.78, 5) is 4.89. The molecule has 0 fully saturated rings. The fourth-order valence-electron chi connectivity index (χ4n) is 9.89. The molecule has 0 saturated carbocycles. The van der Waals surface area contributed by atoms with Gasteiger partial charge >= 0.3 is 0 Å². The predicted octanol–water partition coefficient (Wildman–Crippen LogP) is 15.2. The van der Waals surface area contributed by atoms with E-state index in [1.54, 1.807) is 0 Å². The normalized spacial score (nSPS) is 12.1. The largest absolute Gasteiger partial charge is 0.510 e. The molecule has 334 valence electrons. The molecule has 0 saturated heterocycles. The minimum absolute atomic E-state index is 0. The van der Waals surface area contributed by atoms with Crippen LogP contribution in [0.3, 0.4) is 0 Å². The van der Waals surface area contributed by atoms with Crippen LogP contribution in [-0.4, -0.2) is 14.1 Å². The van der Waals surface area contributed by atoms with Crippen molar-refractivity contribution in [1.82, 2.24) is 14.1 Å². The Kier molecular flexibility index (Phi) is 10.5. The molecule has 0 amide bonds. The Morgan fingerprint density at radius 3 is 1.85 bits per heavy atom. The molecule has 6 heteroatoms. The monoisotopic (exact) mass is 1060 g/mol. The summed E-state index contributed by atoms with van der Waals surface area (Å²) < 4.78 is 13.4. The molecule has 5 nitrogen and oxygen atoms in total. The van der Waals surface area contributed by atoms with E-state index in [4.69, 9.17) is 9.72 Å². The molecule has 0 atom stereocenters. The van der Waals surface area contributed by atoms with Crippen LogP contribution in [-0.2, 0) is 31.9 Å². The van der Waals surface area contributed by atoms with Gasteiger partial charge in [0.1, 0.15) is 5.82 Å². The van der Waals surface area contributed by atoms with Gasteiger partial charge in [-0.1, -0.05) is 168 Å². The Morgan fingerprint density at radius 1 is 0.500 bits per heavy atom. The summed E-state index contributed by atoms with van der Waals surface area (Å²) in [5.74, 6) is 2.01. The molecule has 12 rings (SSSR count). The Bertz CT molecular complexity index is 3750. The summed E-state index contributed by atoms with van der Waals surface area (Å²) in [5.41, 5.74) is 17.4. The summed E-state index contributed by atoms with van der Waals surface area (Å²) in [6.45, 7) is 13.6. The molecule has 11 aromatic rings. The third-order valence-electron chi connectivity index (χ3n) is 13.3. The number of aromatic nitrogens is 4. The first-order valence-corrected chi connectivity index (χ1v) is 23.0. The maximum absolute atomic E-state index is 6.77. The van der Waals surface area contributed by atoms with Gasteiger partial charge in [0.15, 0.2) is 0 Å². The number of ether oxygens (including phenoxy) is 1. The number of para-hydroxylation sites is 2. The van der Waals surface area contributed by atoms with E-state index in [-0.39, 0.29) is 31.9 Å². The van der Waals surface area contributed by atoms with Crippen molar-refractivity contribution in [2.24, 2.45) is 0 Å². The van der Waals surface area contributed by atoms with E-state index in [9.17, 15) is 0 Å². The van der Waals surface area contributed by atoms with E-state index in [1.165, 1.54) is 33.4 Å². The Morgan fingerprint density at radius 2 is 1.12 bits per heavy atom. The SMILES string of the molecule is CC(C)(C)c1ccnc(-n2c3[c-]c(Oc4[c-]c(-n5[c-][n+]6c7c(cc(C(C)(C)C)cc75)-c5ccccc5-c5ccccc5-c5cccc(-c7ccccc7)c5-6)ccc4)ccc3c3ccccc32)c1.[Pt]. The maximum Gasteiger partial charge on any atom is 0.268 e. The van der Waals surface area contributed by atoms with E-state index >= 15 is 0 Å². The molecule has 3 aromatic heterocycles. The van der Waals surface area contributed by atoms with Gasteiger partial charge in [-0.25, -0.2) is 4.98 Å². The Balaban J connectivity index is 0.00000507. The van der Waals surface area contributed by atoms with Crippen molar-refractivity contribution in [3.8, 4) is 73.2 Å². The van der Waals surface area contributed by atoms with Crippen molar-refractivity contribution in [3.63, 3.8) is 0 Å². The van der Waals surface area contributed by atoms with Gasteiger partial charge in [0.25, 0.3) is 6.33 Å². The van der Waals surface area contributed by atoms with Crippen molar-refractivity contribution in [2.75, 3.05) is 0 Å². The molecule has 68 heavy (non-hydrogen) atoms. The van der Waals surface area contributed by atoms with Gasteiger partial charge in [0.2, 0.25) is 0 Å². The minimum Gasteiger partial charge on any atom is -0.510 e. The van der Waals surface area contributed by atoms with E-state index in [1.807, 2.05) is 24.4 Å². The summed E-state index contributed by atoms with van der Waals surface area (Å²) in [5, 5.41) is 2.22. The number of imidazole rings is 1. The first-order valence-electron chi connectivity index (χ1n) is 23.0. The Labute approximate surface area is 412 Å².